The van der Waals surface area contributed by atoms with E-state index in [1.54, 1.807) is 12.1 Å². The maximum atomic E-state index is 12.4. The largest absolute Gasteiger partial charge is 0.395 e. The summed E-state index contributed by atoms with van der Waals surface area (Å²) in [5, 5.41) is 9.58. The number of hydrogen-bond acceptors (Lipinski definition) is 3. The summed E-state index contributed by atoms with van der Waals surface area (Å²) in [5.41, 5.74) is 0.972. The smallest absolute Gasteiger partial charge is 0.240 e. The highest BCUT2D eigenvalue weighted by Crippen LogP contribution is 2.21. The Kier molecular flexibility index (Phi) is 5.74. The van der Waals surface area contributed by atoms with Crippen molar-refractivity contribution in [1.29, 1.82) is 0 Å². The van der Waals surface area contributed by atoms with Gasteiger partial charge in [-0.15, -0.1) is 0 Å². The van der Waals surface area contributed by atoms with Crippen molar-refractivity contribution in [2.45, 2.75) is 23.8 Å². The molecule has 2 aromatic carbocycles. The highest BCUT2D eigenvalue weighted by Gasteiger charge is 2.24. The van der Waals surface area contributed by atoms with Gasteiger partial charge in [-0.3, -0.25) is 0 Å². The summed E-state index contributed by atoms with van der Waals surface area (Å²) in [5.74, 6) is -0.142. The molecule has 0 aliphatic heterocycles. The van der Waals surface area contributed by atoms with Crippen molar-refractivity contribution >= 4 is 26.0 Å². The molecule has 0 heterocycles. The Hall–Kier alpha value is -1.21. The first-order valence-electron chi connectivity index (χ1n) is 6.88. The molecule has 0 aromatic heterocycles. The van der Waals surface area contributed by atoms with Gasteiger partial charge in [-0.2, -0.15) is 0 Å². The fraction of sp³-hybridized carbons (Fsp3) is 0.250. The molecule has 2 aromatic rings. The molecule has 0 unspecified atom stereocenters. The Labute approximate surface area is 139 Å². The van der Waals surface area contributed by atoms with Crippen molar-refractivity contribution in [3.63, 3.8) is 0 Å². The molecule has 0 aliphatic rings. The van der Waals surface area contributed by atoms with Crippen LogP contribution in [0.3, 0.4) is 0 Å². The number of rotatable bonds is 6. The Balaban J connectivity index is 2.20. The van der Waals surface area contributed by atoms with Gasteiger partial charge in [-0.25, -0.2) is 13.1 Å². The molecule has 0 saturated heterocycles. The molecule has 22 heavy (non-hydrogen) atoms. The van der Waals surface area contributed by atoms with Crippen LogP contribution in [-0.2, 0) is 10.0 Å². The molecule has 2 N–H and O–H groups in total. The first kappa shape index (κ1) is 17.1. The normalized spacial score (nSPS) is 14.5. The maximum absolute atomic E-state index is 12.4. The summed E-state index contributed by atoms with van der Waals surface area (Å²) in [6, 6.07) is 15.3. The fourth-order valence-electron chi connectivity index (χ4n) is 2.17. The molecule has 0 fully saturated rings. The van der Waals surface area contributed by atoms with Crippen molar-refractivity contribution in [1.82, 2.24) is 4.72 Å². The van der Waals surface area contributed by atoms with Gasteiger partial charge in [0.25, 0.3) is 0 Å². The van der Waals surface area contributed by atoms with Gasteiger partial charge in [-0.05, 0) is 35.7 Å². The lowest BCUT2D eigenvalue weighted by Gasteiger charge is -2.23. The molecule has 0 amide bonds. The van der Waals surface area contributed by atoms with Crippen LogP contribution in [-0.4, -0.2) is 26.2 Å². The minimum atomic E-state index is -3.67. The lowest BCUT2D eigenvalue weighted by atomic mass is 9.94. The van der Waals surface area contributed by atoms with Crippen LogP contribution in [0.25, 0.3) is 0 Å². The summed E-state index contributed by atoms with van der Waals surface area (Å²) in [7, 11) is -3.67. The van der Waals surface area contributed by atoms with Crippen LogP contribution in [0, 0.1) is 0 Å². The van der Waals surface area contributed by atoms with E-state index in [9.17, 15) is 13.5 Å². The minimum Gasteiger partial charge on any atom is -0.395 e. The summed E-state index contributed by atoms with van der Waals surface area (Å²) in [6.07, 6.45) is 0. The lowest BCUT2D eigenvalue weighted by Crippen LogP contribution is -2.41. The third-order valence-electron chi connectivity index (χ3n) is 3.56. The number of hydrogen-bond donors (Lipinski definition) is 2. The van der Waals surface area contributed by atoms with Crippen molar-refractivity contribution in [2.75, 3.05) is 6.61 Å². The predicted octanol–water partition coefficient (Wildman–Crippen LogP) is 2.89. The highest BCUT2D eigenvalue weighted by molar-refractivity contribution is 9.10. The number of aliphatic hydroxyl groups is 1. The van der Waals surface area contributed by atoms with Crippen LogP contribution in [0.2, 0.25) is 0 Å². The molecular weight excluding hydrogens is 366 g/mol. The third-order valence-corrected chi connectivity index (χ3v) is 5.59. The van der Waals surface area contributed by atoms with Crippen LogP contribution < -0.4 is 4.72 Å². The topological polar surface area (TPSA) is 66.4 Å². The summed E-state index contributed by atoms with van der Waals surface area (Å²) in [4.78, 5) is 0.175. The number of nitrogens with one attached hydrogen (secondary N) is 1. The second-order valence-electron chi connectivity index (χ2n) is 5.06. The number of sulfonamides is 1. The quantitative estimate of drug-likeness (QED) is 0.805. The van der Waals surface area contributed by atoms with Crippen LogP contribution in [0.4, 0.5) is 0 Å². The van der Waals surface area contributed by atoms with E-state index in [0.717, 1.165) is 10.0 Å². The second-order valence-corrected chi connectivity index (χ2v) is 7.69. The number of benzene rings is 2. The average molecular weight is 384 g/mol. The molecule has 118 valence electrons. The molecule has 0 saturated carbocycles. The van der Waals surface area contributed by atoms with Crippen LogP contribution in [0.5, 0.6) is 0 Å². The van der Waals surface area contributed by atoms with E-state index in [2.05, 4.69) is 20.7 Å². The third kappa shape index (κ3) is 4.16. The van der Waals surface area contributed by atoms with Crippen LogP contribution >= 0.6 is 15.9 Å². The fourth-order valence-corrected chi connectivity index (χ4v) is 3.74. The zero-order valence-corrected chi connectivity index (χ0v) is 14.5. The molecule has 0 bridgehead atoms. The standard InChI is InChI=1S/C16H18BrNO3S/c1-12(13-5-3-2-4-6-13)16(11-19)18-22(20,21)15-9-7-14(17)8-10-15/h2-10,12,16,18-19H,11H2,1H3/t12-,16+/m0/s1. The van der Waals surface area contributed by atoms with Crippen molar-refractivity contribution in [3.05, 3.63) is 64.6 Å². The van der Waals surface area contributed by atoms with E-state index in [4.69, 9.17) is 0 Å². The van der Waals surface area contributed by atoms with Crippen molar-refractivity contribution < 1.29 is 13.5 Å². The van der Waals surface area contributed by atoms with E-state index in [1.165, 1.54) is 12.1 Å². The first-order chi connectivity index (χ1) is 10.4. The van der Waals surface area contributed by atoms with Gasteiger partial charge in [0.1, 0.15) is 0 Å². The molecule has 4 nitrogen and oxygen atoms in total. The van der Waals surface area contributed by atoms with E-state index in [0.29, 0.717) is 0 Å². The Morgan fingerprint density at radius 1 is 1.09 bits per heavy atom. The molecular formula is C16H18BrNO3S. The first-order valence-corrected chi connectivity index (χ1v) is 9.15. The predicted molar refractivity (Wildman–Crippen MR) is 90.2 cm³/mol. The summed E-state index contributed by atoms with van der Waals surface area (Å²) >= 11 is 3.28. The van der Waals surface area contributed by atoms with Gasteiger partial charge < -0.3 is 5.11 Å². The molecule has 0 aliphatic carbocycles. The van der Waals surface area contributed by atoms with E-state index in [-0.39, 0.29) is 17.4 Å². The van der Waals surface area contributed by atoms with E-state index < -0.39 is 16.1 Å². The zero-order valence-electron chi connectivity index (χ0n) is 12.1. The van der Waals surface area contributed by atoms with Gasteiger partial charge in [0.05, 0.1) is 17.5 Å². The van der Waals surface area contributed by atoms with Gasteiger partial charge in [0, 0.05) is 4.47 Å². The van der Waals surface area contributed by atoms with E-state index in [1.807, 2.05) is 37.3 Å². The van der Waals surface area contributed by atoms with Gasteiger partial charge in [0.2, 0.25) is 10.0 Å². The Morgan fingerprint density at radius 3 is 2.23 bits per heavy atom. The average Bonchev–Trinajstić information content (AvgIpc) is 2.53. The molecule has 0 radical (unpaired) electrons. The number of aliphatic hydroxyl groups excluding tert-OH is 1. The second kappa shape index (κ2) is 7.37. The molecule has 2 atom stereocenters. The highest BCUT2D eigenvalue weighted by atomic mass is 79.9. The van der Waals surface area contributed by atoms with E-state index >= 15 is 0 Å². The van der Waals surface area contributed by atoms with Crippen molar-refractivity contribution in [3.8, 4) is 0 Å². The van der Waals surface area contributed by atoms with Crippen molar-refractivity contribution in [2.24, 2.45) is 0 Å². The SMILES string of the molecule is C[C@@H](c1ccccc1)[C@@H](CO)NS(=O)(=O)c1ccc(Br)cc1. The Bertz CT molecular complexity index is 702. The maximum Gasteiger partial charge on any atom is 0.240 e. The van der Waals surface area contributed by atoms with Crippen LogP contribution in [0.15, 0.2) is 64.0 Å². The minimum absolute atomic E-state index is 0.142. The van der Waals surface area contributed by atoms with Gasteiger partial charge in [0.15, 0.2) is 0 Å². The van der Waals surface area contributed by atoms with Crippen LogP contribution in [0.1, 0.15) is 18.4 Å². The summed E-state index contributed by atoms with van der Waals surface area (Å²) < 4.78 is 28.2. The molecule has 0 spiro atoms. The van der Waals surface area contributed by atoms with Gasteiger partial charge >= 0.3 is 0 Å². The monoisotopic (exact) mass is 383 g/mol. The number of halogens is 1. The summed E-state index contributed by atoms with van der Waals surface area (Å²) in [6.45, 7) is 1.62. The molecule has 6 heteroatoms. The zero-order chi connectivity index (χ0) is 16.2. The van der Waals surface area contributed by atoms with Gasteiger partial charge in [-0.1, -0.05) is 53.2 Å². The molecule has 2 rings (SSSR count). The lowest BCUT2D eigenvalue weighted by molar-refractivity contribution is 0.242. The Morgan fingerprint density at radius 2 is 1.68 bits per heavy atom.